The molecule has 0 saturated carbocycles. The topological polar surface area (TPSA) is 67.4 Å². The molecule has 1 unspecified atom stereocenters. The van der Waals surface area contributed by atoms with Crippen LogP contribution in [0.4, 0.5) is 0 Å². The van der Waals surface area contributed by atoms with Crippen LogP contribution in [-0.2, 0) is 11.2 Å². The van der Waals surface area contributed by atoms with Crippen LogP contribution in [0.25, 0.3) is 0 Å². The minimum atomic E-state index is -0.623. The quantitative estimate of drug-likeness (QED) is 0.706. The Bertz CT molecular complexity index is 819. The van der Waals surface area contributed by atoms with E-state index in [-0.39, 0.29) is 17.7 Å². The van der Waals surface area contributed by atoms with Crippen molar-refractivity contribution in [3.8, 4) is 5.75 Å². The van der Waals surface area contributed by atoms with Crippen molar-refractivity contribution in [1.29, 1.82) is 0 Å². The molecule has 2 aromatic rings. The van der Waals surface area contributed by atoms with Gasteiger partial charge in [-0.2, -0.15) is 0 Å². The minimum absolute atomic E-state index is 0.0512. The van der Waals surface area contributed by atoms with E-state index >= 15 is 0 Å². The molecule has 0 aliphatic carbocycles. The summed E-state index contributed by atoms with van der Waals surface area (Å²) in [5.41, 5.74) is 2.64. The Morgan fingerprint density at radius 2 is 1.79 bits per heavy atom. The molecular formula is C22H27ClN2O3. The van der Waals surface area contributed by atoms with Crippen LogP contribution < -0.4 is 15.4 Å². The van der Waals surface area contributed by atoms with E-state index in [1.165, 1.54) is 0 Å². The van der Waals surface area contributed by atoms with E-state index in [0.717, 1.165) is 16.9 Å². The lowest BCUT2D eigenvalue weighted by atomic mass is 10.0. The van der Waals surface area contributed by atoms with E-state index in [2.05, 4.69) is 10.6 Å². The average Bonchev–Trinajstić information content (AvgIpc) is 2.66. The number of nitrogens with one attached hydrogen (secondary N) is 2. The SMILES string of the molecule is COc1ccc(C)cc1CCNC(=O)C(NC(=O)c1ccc(Cl)cc1)C(C)C. The Labute approximate surface area is 171 Å². The summed E-state index contributed by atoms with van der Waals surface area (Å²) in [4.78, 5) is 25.1. The molecule has 0 heterocycles. The van der Waals surface area contributed by atoms with Gasteiger partial charge in [0.1, 0.15) is 11.8 Å². The first-order valence-corrected chi connectivity index (χ1v) is 9.67. The Morgan fingerprint density at radius 3 is 2.39 bits per heavy atom. The molecule has 5 nitrogen and oxygen atoms in total. The summed E-state index contributed by atoms with van der Waals surface area (Å²) >= 11 is 5.86. The number of carbonyl (C=O) groups is 2. The minimum Gasteiger partial charge on any atom is -0.496 e. The van der Waals surface area contributed by atoms with E-state index in [0.29, 0.717) is 23.6 Å². The van der Waals surface area contributed by atoms with Crippen LogP contribution in [0.15, 0.2) is 42.5 Å². The fourth-order valence-electron chi connectivity index (χ4n) is 2.89. The van der Waals surface area contributed by atoms with Crippen LogP contribution in [0.1, 0.15) is 35.3 Å². The maximum Gasteiger partial charge on any atom is 0.251 e. The van der Waals surface area contributed by atoms with Gasteiger partial charge in [-0.3, -0.25) is 9.59 Å². The first kappa shape index (κ1) is 21.8. The number of halogens is 1. The van der Waals surface area contributed by atoms with Gasteiger partial charge in [0, 0.05) is 17.1 Å². The summed E-state index contributed by atoms with van der Waals surface area (Å²) in [6.45, 7) is 6.27. The van der Waals surface area contributed by atoms with Crippen LogP contribution in [0.2, 0.25) is 5.02 Å². The van der Waals surface area contributed by atoms with Gasteiger partial charge >= 0.3 is 0 Å². The molecule has 0 aromatic heterocycles. The summed E-state index contributed by atoms with van der Waals surface area (Å²) in [5.74, 6) is 0.246. The van der Waals surface area contributed by atoms with Crippen molar-refractivity contribution in [2.75, 3.05) is 13.7 Å². The molecule has 0 saturated heterocycles. The second-order valence-electron chi connectivity index (χ2n) is 7.06. The molecule has 0 spiro atoms. The van der Waals surface area contributed by atoms with Crippen molar-refractivity contribution in [2.45, 2.75) is 33.2 Å². The highest BCUT2D eigenvalue weighted by Gasteiger charge is 2.24. The maximum atomic E-state index is 12.6. The maximum absolute atomic E-state index is 12.6. The van der Waals surface area contributed by atoms with Gasteiger partial charge in [0.05, 0.1) is 7.11 Å². The molecule has 0 aliphatic heterocycles. The standard InChI is InChI=1S/C22H27ClN2O3/c1-14(2)20(25-21(26)16-6-8-18(23)9-7-16)22(27)24-12-11-17-13-15(3)5-10-19(17)28-4/h5-10,13-14,20H,11-12H2,1-4H3,(H,24,27)(H,25,26). The molecule has 1 atom stereocenters. The highest BCUT2D eigenvalue weighted by atomic mass is 35.5. The van der Waals surface area contributed by atoms with E-state index in [9.17, 15) is 9.59 Å². The van der Waals surface area contributed by atoms with E-state index < -0.39 is 6.04 Å². The molecule has 2 rings (SSSR count). The van der Waals surface area contributed by atoms with E-state index in [1.54, 1.807) is 31.4 Å². The summed E-state index contributed by atoms with van der Waals surface area (Å²) in [6.07, 6.45) is 0.645. The van der Waals surface area contributed by atoms with Gasteiger partial charge in [-0.1, -0.05) is 43.1 Å². The van der Waals surface area contributed by atoms with Gasteiger partial charge in [-0.15, -0.1) is 0 Å². The second-order valence-corrected chi connectivity index (χ2v) is 7.49. The van der Waals surface area contributed by atoms with Crippen molar-refractivity contribution in [3.05, 3.63) is 64.2 Å². The summed E-state index contributed by atoms with van der Waals surface area (Å²) in [5, 5.41) is 6.29. The van der Waals surface area contributed by atoms with Crippen molar-refractivity contribution < 1.29 is 14.3 Å². The molecule has 150 valence electrons. The lowest BCUT2D eigenvalue weighted by Gasteiger charge is -2.22. The smallest absolute Gasteiger partial charge is 0.251 e. The molecule has 2 N–H and O–H groups in total. The van der Waals surface area contributed by atoms with Crippen LogP contribution in [0.5, 0.6) is 5.75 Å². The third kappa shape index (κ3) is 5.99. The van der Waals surface area contributed by atoms with E-state index in [1.807, 2.05) is 39.0 Å². The highest BCUT2D eigenvalue weighted by Crippen LogP contribution is 2.19. The van der Waals surface area contributed by atoms with Crippen molar-refractivity contribution in [2.24, 2.45) is 5.92 Å². The monoisotopic (exact) mass is 402 g/mol. The zero-order chi connectivity index (χ0) is 20.7. The fraction of sp³-hybridized carbons (Fsp3) is 0.364. The molecule has 6 heteroatoms. The van der Waals surface area contributed by atoms with Crippen molar-refractivity contribution in [1.82, 2.24) is 10.6 Å². The van der Waals surface area contributed by atoms with Gasteiger partial charge in [-0.05, 0) is 55.2 Å². The number of amides is 2. The van der Waals surface area contributed by atoms with Gasteiger partial charge in [0.25, 0.3) is 5.91 Å². The first-order valence-electron chi connectivity index (χ1n) is 9.29. The molecule has 28 heavy (non-hydrogen) atoms. The average molecular weight is 403 g/mol. The zero-order valence-electron chi connectivity index (χ0n) is 16.7. The van der Waals surface area contributed by atoms with Gasteiger partial charge in [0.15, 0.2) is 0 Å². The van der Waals surface area contributed by atoms with Crippen molar-refractivity contribution >= 4 is 23.4 Å². The van der Waals surface area contributed by atoms with Crippen LogP contribution in [0, 0.1) is 12.8 Å². The number of ether oxygens (including phenoxy) is 1. The molecule has 2 amide bonds. The summed E-state index contributed by atoms with van der Waals surface area (Å²) in [6, 6.07) is 11.9. The van der Waals surface area contributed by atoms with Gasteiger partial charge < -0.3 is 15.4 Å². The molecule has 0 aliphatic rings. The molecule has 0 bridgehead atoms. The predicted octanol–water partition coefficient (Wildman–Crippen LogP) is 3.77. The number of methoxy groups -OCH3 is 1. The molecule has 2 aromatic carbocycles. The van der Waals surface area contributed by atoms with Crippen LogP contribution >= 0.6 is 11.6 Å². The number of hydrogen-bond donors (Lipinski definition) is 2. The number of benzene rings is 2. The third-order valence-corrected chi connectivity index (χ3v) is 4.72. The lowest BCUT2D eigenvalue weighted by Crippen LogP contribution is -2.50. The summed E-state index contributed by atoms with van der Waals surface area (Å²) in [7, 11) is 1.63. The molecule has 0 fully saturated rings. The zero-order valence-corrected chi connectivity index (χ0v) is 17.5. The van der Waals surface area contributed by atoms with Crippen molar-refractivity contribution in [3.63, 3.8) is 0 Å². The van der Waals surface area contributed by atoms with E-state index in [4.69, 9.17) is 16.3 Å². The fourth-order valence-corrected chi connectivity index (χ4v) is 3.02. The Morgan fingerprint density at radius 1 is 1.11 bits per heavy atom. The normalized spacial score (nSPS) is 11.8. The molecular weight excluding hydrogens is 376 g/mol. The number of aryl methyl sites for hydroxylation is 1. The Hall–Kier alpha value is -2.53. The Balaban J connectivity index is 1.96. The Kier molecular flexibility index (Phi) is 7.88. The molecule has 0 radical (unpaired) electrons. The second kappa shape index (κ2) is 10.1. The summed E-state index contributed by atoms with van der Waals surface area (Å²) < 4.78 is 5.37. The van der Waals surface area contributed by atoms with Crippen LogP contribution in [-0.4, -0.2) is 31.5 Å². The van der Waals surface area contributed by atoms with Gasteiger partial charge in [-0.25, -0.2) is 0 Å². The predicted molar refractivity (Wildman–Crippen MR) is 112 cm³/mol. The number of carbonyl (C=O) groups excluding carboxylic acids is 2. The third-order valence-electron chi connectivity index (χ3n) is 4.47. The number of hydrogen-bond acceptors (Lipinski definition) is 3. The lowest BCUT2D eigenvalue weighted by molar-refractivity contribution is -0.123. The van der Waals surface area contributed by atoms with Crippen LogP contribution in [0.3, 0.4) is 0 Å². The highest BCUT2D eigenvalue weighted by molar-refractivity contribution is 6.30. The van der Waals surface area contributed by atoms with Gasteiger partial charge in [0.2, 0.25) is 5.91 Å². The number of rotatable bonds is 8. The largest absolute Gasteiger partial charge is 0.496 e. The first-order chi connectivity index (χ1) is 13.3.